The molecule has 5 heteroatoms. The van der Waals surface area contributed by atoms with Crippen LogP contribution in [0.2, 0.25) is 0 Å². The largest absolute Gasteiger partial charge is 0.508 e. The predicted octanol–water partition coefficient (Wildman–Crippen LogP) is 1.62. The van der Waals surface area contributed by atoms with Gasteiger partial charge in [-0.25, -0.2) is 0 Å². The molecular formula is C16H16N2O2S. The van der Waals surface area contributed by atoms with Gasteiger partial charge in [-0.1, -0.05) is 24.0 Å². The number of nitrogens with two attached hydrogens (primary N) is 1. The van der Waals surface area contributed by atoms with Crippen molar-refractivity contribution >= 4 is 17.2 Å². The number of rotatable bonds is 4. The first kappa shape index (κ1) is 15.1. The van der Waals surface area contributed by atoms with Crippen LogP contribution >= 0.6 is 11.3 Å². The lowest BCUT2D eigenvalue weighted by molar-refractivity contribution is -0.120. The second kappa shape index (κ2) is 7.48. The van der Waals surface area contributed by atoms with E-state index in [1.807, 2.05) is 18.2 Å². The van der Waals surface area contributed by atoms with Crippen molar-refractivity contribution in [2.75, 3.05) is 6.54 Å². The third-order valence-electron chi connectivity index (χ3n) is 2.71. The number of aromatic hydroxyl groups is 1. The monoisotopic (exact) mass is 300 g/mol. The fraction of sp³-hybridized carbons (Fsp3) is 0.188. The van der Waals surface area contributed by atoms with Gasteiger partial charge in [0.1, 0.15) is 5.75 Å². The Morgan fingerprint density at radius 3 is 2.95 bits per heavy atom. The molecule has 21 heavy (non-hydrogen) atoms. The Balaban J connectivity index is 1.85. The van der Waals surface area contributed by atoms with E-state index in [2.05, 4.69) is 17.2 Å². The van der Waals surface area contributed by atoms with Crippen LogP contribution in [0.5, 0.6) is 5.75 Å². The molecule has 0 radical (unpaired) electrons. The van der Waals surface area contributed by atoms with Gasteiger partial charge in [0.2, 0.25) is 5.91 Å². The number of phenols is 1. The van der Waals surface area contributed by atoms with E-state index in [0.29, 0.717) is 13.1 Å². The van der Waals surface area contributed by atoms with Gasteiger partial charge in [0.15, 0.2) is 0 Å². The normalized spacial score (nSPS) is 9.76. The van der Waals surface area contributed by atoms with Crippen molar-refractivity contribution in [1.82, 2.24) is 5.32 Å². The van der Waals surface area contributed by atoms with Gasteiger partial charge in [0, 0.05) is 4.88 Å². The molecule has 2 rings (SSSR count). The number of hydrogen-bond acceptors (Lipinski definition) is 4. The molecule has 1 amide bonds. The number of hydrogen-bond donors (Lipinski definition) is 3. The highest BCUT2D eigenvalue weighted by molar-refractivity contribution is 7.12. The number of amides is 1. The van der Waals surface area contributed by atoms with Crippen LogP contribution in [0.4, 0.5) is 0 Å². The third kappa shape index (κ3) is 4.95. The van der Waals surface area contributed by atoms with Crippen molar-refractivity contribution in [2.45, 2.75) is 13.0 Å². The fourth-order valence-electron chi connectivity index (χ4n) is 1.78. The first-order valence-corrected chi connectivity index (χ1v) is 7.31. The number of phenolic OH excluding ortho intramolecular Hbond substituents is 1. The summed E-state index contributed by atoms with van der Waals surface area (Å²) in [5, 5.41) is 12.2. The quantitative estimate of drug-likeness (QED) is 0.751. The minimum absolute atomic E-state index is 0.0800. The molecule has 0 atom stereocenters. The number of benzene rings is 1. The van der Waals surface area contributed by atoms with E-state index in [4.69, 9.17) is 5.73 Å². The van der Waals surface area contributed by atoms with Gasteiger partial charge in [-0.05, 0) is 29.8 Å². The van der Waals surface area contributed by atoms with Gasteiger partial charge in [-0.2, -0.15) is 0 Å². The fourth-order valence-corrected chi connectivity index (χ4v) is 2.60. The van der Waals surface area contributed by atoms with Crippen LogP contribution in [0.3, 0.4) is 0 Å². The smallest absolute Gasteiger partial charge is 0.224 e. The predicted molar refractivity (Wildman–Crippen MR) is 83.9 cm³/mol. The SMILES string of the molecule is NCC#Cc1ccc(CNC(=O)Cc2cccc(O)c2)s1. The van der Waals surface area contributed by atoms with Crippen molar-refractivity contribution in [3.8, 4) is 17.6 Å². The second-order valence-corrected chi connectivity index (χ2v) is 5.56. The average Bonchev–Trinajstić information content (AvgIpc) is 2.91. The molecule has 0 aliphatic heterocycles. The molecule has 0 aliphatic rings. The van der Waals surface area contributed by atoms with E-state index in [9.17, 15) is 9.90 Å². The summed E-state index contributed by atoms with van der Waals surface area (Å²) in [6.45, 7) is 0.820. The molecule has 0 bridgehead atoms. The van der Waals surface area contributed by atoms with E-state index in [1.54, 1.807) is 18.2 Å². The summed E-state index contributed by atoms with van der Waals surface area (Å²) >= 11 is 1.54. The maximum absolute atomic E-state index is 11.8. The van der Waals surface area contributed by atoms with E-state index in [0.717, 1.165) is 15.3 Å². The van der Waals surface area contributed by atoms with Crippen LogP contribution in [0.15, 0.2) is 36.4 Å². The summed E-state index contributed by atoms with van der Waals surface area (Å²) in [6, 6.07) is 10.6. The van der Waals surface area contributed by atoms with Gasteiger partial charge >= 0.3 is 0 Å². The van der Waals surface area contributed by atoms with Crippen molar-refractivity contribution in [3.63, 3.8) is 0 Å². The van der Waals surface area contributed by atoms with Crippen LogP contribution in [-0.2, 0) is 17.8 Å². The summed E-state index contributed by atoms with van der Waals surface area (Å²) in [5.41, 5.74) is 6.11. The Hall–Kier alpha value is -2.29. The lowest BCUT2D eigenvalue weighted by atomic mass is 10.1. The lowest BCUT2D eigenvalue weighted by Crippen LogP contribution is -2.24. The number of carbonyl (C=O) groups is 1. The van der Waals surface area contributed by atoms with Gasteiger partial charge in [0.25, 0.3) is 0 Å². The molecular weight excluding hydrogens is 284 g/mol. The molecule has 1 aromatic heterocycles. The molecule has 1 heterocycles. The maximum Gasteiger partial charge on any atom is 0.224 e. The molecule has 4 nitrogen and oxygen atoms in total. The summed E-state index contributed by atoms with van der Waals surface area (Å²) in [6.07, 6.45) is 0.250. The zero-order chi connectivity index (χ0) is 15.1. The van der Waals surface area contributed by atoms with Gasteiger partial charge in [0.05, 0.1) is 24.4 Å². The van der Waals surface area contributed by atoms with Gasteiger partial charge < -0.3 is 16.2 Å². The number of carbonyl (C=O) groups excluding carboxylic acids is 1. The lowest BCUT2D eigenvalue weighted by Gasteiger charge is -2.04. The second-order valence-electron chi connectivity index (χ2n) is 4.40. The third-order valence-corrected chi connectivity index (χ3v) is 3.71. The zero-order valence-electron chi connectivity index (χ0n) is 11.4. The Kier molecular flexibility index (Phi) is 5.38. The molecule has 1 aromatic carbocycles. The van der Waals surface area contributed by atoms with Gasteiger partial charge in [-0.15, -0.1) is 11.3 Å². The minimum atomic E-state index is -0.0800. The van der Waals surface area contributed by atoms with Crippen LogP contribution in [0.25, 0.3) is 0 Å². The van der Waals surface area contributed by atoms with Crippen molar-refractivity contribution in [2.24, 2.45) is 5.73 Å². The first-order chi connectivity index (χ1) is 10.2. The molecule has 0 unspecified atom stereocenters. The Bertz CT molecular complexity index is 683. The molecule has 0 spiro atoms. The van der Waals surface area contributed by atoms with Crippen LogP contribution in [-0.4, -0.2) is 17.6 Å². The topological polar surface area (TPSA) is 75.3 Å². The Labute approximate surface area is 127 Å². The number of nitrogens with one attached hydrogen (secondary N) is 1. The summed E-state index contributed by atoms with van der Waals surface area (Å²) < 4.78 is 0. The standard InChI is InChI=1S/C16H16N2O2S/c17-8-2-5-14-6-7-15(21-14)11-18-16(20)10-12-3-1-4-13(19)9-12/h1,3-4,6-7,9,19H,8,10-11,17H2,(H,18,20). The maximum atomic E-state index is 11.8. The summed E-state index contributed by atoms with van der Waals surface area (Å²) in [5.74, 6) is 5.85. The highest BCUT2D eigenvalue weighted by Crippen LogP contribution is 2.15. The Morgan fingerprint density at radius 1 is 1.33 bits per heavy atom. The van der Waals surface area contributed by atoms with Crippen LogP contribution in [0, 0.1) is 11.8 Å². The molecule has 0 saturated carbocycles. The van der Waals surface area contributed by atoms with Crippen molar-refractivity contribution < 1.29 is 9.90 Å². The molecule has 2 aromatic rings. The molecule has 4 N–H and O–H groups in total. The van der Waals surface area contributed by atoms with Crippen LogP contribution < -0.4 is 11.1 Å². The molecule has 0 fully saturated rings. The zero-order valence-corrected chi connectivity index (χ0v) is 12.2. The van der Waals surface area contributed by atoms with E-state index >= 15 is 0 Å². The van der Waals surface area contributed by atoms with Crippen molar-refractivity contribution in [3.05, 3.63) is 51.7 Å². The first-order valence-electron chi connectivity index (χ1n) is 6.49. The highest BCUT2D eigenvalue weighted by Gasteiger charge is 2.05. The highest BCUT2D eigenvalue weighted by atomic mass is 32.1. The average molecular weight is 300 g/mol. The van der Waals surface area contributed by atoms with E-state index in [1.165, 1.54) is 11.3 Å². The van der Waals surface area contributed by atoms with E-state index in [-0.39, 0.29) is 18.1 Å². The summed E-state index contributed by atoms with van der Waals surface area (Å²) in [7, 11) is 0. The molecule has 108 valence electrons. The van der Waals surface area contributed by atoms with Crippen molar-refractivity contribution in [1.29, 1.82) is 0 Å². The minimum Gasteiger partial charge on any atom is -0.508 e. The summed E-state index contributed by atoms with van der Waals surface area (Å²) in [4.78, 5) is 13.8. The van der Waals surface area contributed by atoms with E-state index < -0.39 is 0 Å². The Morgan fingerprint density at radius 2 is 2.19 bits per heavy atom. The molecule has 0 aliphatic carbocycles. The van der Waals surface area contributed by atoms with Gasteiger partial charge in [-0.3, -0.25) is 4.79 Å². The molecule has 0 saturated heterocycles. The van der Waals surface area contributed by atoms with Crippen LogP contribution in [0.1, 0.15) is 15.3 Å². The number of thiophene rings is 1.